The Labute approximate surface area is 104 Å². The molecule has 1 unspecified atom stereocenters. The minimum atomic E-state index is -0.712. The number of amides is 1. The zero-order valence-electron chi connectivity index (χ0n) is 10.8. The molecule has 0 aliphatic heterocycles. The predicted molar refractivity (Wildman–Crippen MR) is 66.0 cm³/mol. The first-order valence-electron chi connectivity index (χ1n) is 6.82. The molecule has 17 heavy (non-hydrogen) atoms. The third-order valence-electron chi connectivity index (χ3n) is 4.19. The Kier molecular flexibility index (Phi) is 3.42. The second kappa shape index (κ2) is 4.68. The van der Waals surface area contributed by atoms with Crippen LogP contribution >= 0.6 is 0 Å². The fourth-order valence-electron chi connectivity index (χ4n) is 2.86. The van der Waals surface area contributed by atoms with Crippen LogP contribution in [0.15, 0.2) is 0 Å². The molecule has 1 amide bonds. The first-order valence-corrected chi connectivity index (χ1v) is 6.82. The van der Waals surface area contributed by atoms with E-state index in [9.17, 15) is 10.1 Å². The number of rotatable bonds is 5. The van der Waals surface area contributed by atoms with Gasteiger partial charge in [0.2, 0.25) is 5.91 Å². The zero-order chi connectivity index (χ0) is 12.5. The third-order valence-corrected chi connectivity index (χ3v) is 4.19. The van der Waals surface area contributed by atoms with Gasteiger partial charge in [0.1, 0.15) is 5.41 Å². The van der Waals surface area contributed by atoms with Crippen LogP contribution in [-0.2, 0) is 4.79 Å². The Morgan fingerprint density at radius 3 is 2.59 bits per heavy atom. The van der Waals surface area contributed by atoms with Crippen molar-refractivity contribution in [3.05, 3.63) is 0 Å². The standard InChI is InChI=1S/C14H22N2O/c1-3-12(6-11-4-5-11)16-13(17)14(9-15)7-10(2)8-14/h10-12H,3-8H2,1-2H3,(H,16,17). The van der Waals surface area contributed by atoms with Crippen molar-refractivity contribution in [3.63, 3.8) is 0 Å². The van der Waals surface area contributed by atoms with Gasteiger partial charge in [0, 0.05) is 6.04 Å². The van der Waals surface area contributed by atoms with Gasteiger partial charge in [0.05, 0.1) is 6.07 Å². The lowest BCUT2D eigenvalue weighted by Gasteiger charge is -2.40. The number of carbonyl (C=O) groups excluding carboxylic acids is 1. The topological polar surface area (TPSA) is 52.9 Å². The van der Waals surface area contributed by atoms with Gasteiger partial charge in [-0.2, -0.15) is 5.26 Å². The summed E-state index contributed by atoms with van der Waals surface area (Å²) < 4.78 is 0. The summed E-state index contributed by atoms with van der Waals surface area (Å²) in [5.74, 6) is 1.31. The van der Waals surface area contributed by atoms with E-state index in [4.69, 9.17) is 0 Å². The van der Waals surface area contributed by atoms with Crippen LogP contribution in [-0.4, -0.2) is 11.9 Å². The fourth-order valence-corrected chi connectivity index (χ4v) is 2.86. The van der Waals surface area contributed by atoms with Gasteiger partial charge in [-0.15, -0.1) is 0 Å². The van der Waals surface area contributed by atoms with Gasteiger partial charge in [-0.3, -0.25) is 4.79 Å². The lowest BCUT2D eigenvalue weighted by atomic mass is 9.63. The van der Waals surface area contributed by atoms with E-state index in [1.807, 2.05) is 0 Å². The highest BCUT2D eigenvalue weighted by molar-refractivity contribution is 5.86. The van der Waals surface area contributed by atoms with Gasteiger partial charge >= 0.3 is 0 Å². The molecule has 2 aliphatic rings. The predicted octanol–water partition coefficient (Wildman–Crippen LogP) is 2.62. The van der Waals surface area contributed by atoms with Crippen LogP contribution in [0.2, 0.25) is 0 Å². The van der Waals surface area contributed by atoms with Crippen molar-refractivity contribution in [2.24, 2.45) is 17.3 Å². The Morgan fingerprint density at radius 2 is 2.18 bits per heavy atom. The molecule has 3 heteroatoms. The molecule has 0 bridgehead atoms. The number of hydrogen-bond acceptors (Lipinski definition) is 2. The zero-order valence-corrected chi connectivity index (χ0v) is 10.8. The molecule has 0 radical (unpaired) electrons. The van der Waals surface area contributed by atoms with E-state index in [0.29, 0.717) is 5.92 Å². The molecule has 0 aromatic rings. The van der Waals surface area contributed by atoms with E-state index in [2.05, 4.69) is 25.2 Å². The molecular formula is C14H22N2O. The van der Waals surface area contributed by atoms with Crippen molar-refractivity contribution in [1.29, 1.82) is 5.26 Å². The molecule has 0 heterocycles. The van der Waals surface area contributed by atoms with Crippen molar-refractivity contribution >= 4 is 5.91 Å². The van der Waals surface area contributed by atoms with Gasteiger partial charge in [-0.1, -0.05) is 26.7 Å². The van der Waals surface area contributed by atoms with Crippen molar-refractivity contribution in [2.75, 3.05) is 0 Å². The van der Waals surface area contributed by atoms with E-state index in [1.54, 1.807) is 0 Å². The van der Waals surface area contributed by atoms with E-state index in [0.717, 1.165) is 31.6 Å². The number of nitrogens with one attached hydrogen (secondary N) is 1. The van der Waals surface area contributed by atoms with Crippen LogP contribution in [0.3, 0.4) is 0 Å². The number of nitrogens with zero attached hydrogens (tertiary/aromatic N) is 1. The smallest absolute Gasteiger partial charge is 0.240 e. The van der Waals surface area contributed by atoms with Gasteiger partial charge < -0.3 is 5.32 Å². The maximum atomic E-state index is 12.2. The average molecular weight is 234 g/mol. The SMILES string of the molecule is CCC(CC1CC1)NC(=O)C1(C#N)CC(C)C1. The lowest BCUT2D eigenvalue weighted by molar-refractivity contribution is -0.134. The number of hydrogen-bond donors (Lipinski definition) is 1. The van der Waals surface area contributed by atoms with E-state index in [1.165, 1.54) is 12.8 Å². The molecule has 3 nitrogen and oxygen atoms in total. The lowest BCUT2D eigenvalue weighted by Crippen LogP contribution is -2.51. The van der Waals surface area contributed by atoms with Crippen molar-refractivity contribution in [1.82, 2.24) is 5.32 Å². The molecule has 0 saturated heterocycles. The summed E-state index contributed by atoms with van der Waals surface area (Å²) in [6.45, 7) is 4.21. The third kappa shape index (κ3) is 2.62. The highest BCUT2D eigenvalue weighted by Crippen LogP contribution is 2.45. The van der Waals surface area contributed by atoms with E-state index < -0.39 is 5.41 Å². The summed E-state index contributed by atoms with van der Waals surface area (Å²) in [5.41, 5.74) is -0.712. The van der Waals surface area contributed by atoms with Crippen LogP contribution in [0.25, 0.3) is 0 Å². The molecule has 0 spiro atoms. The Hall–Kier alpha value is -1.04. The number of carbonyl (C=O) groups is 1. The summed E-state index contributed by atoms with van der Waals surface area (Å²) >= 11 is 0. The average Bonchev–Trinajstić information content (AvgIpc) is 3.07. The minimum Gasteiger partial charge on any atom is -0.352 e. The first kappa shape index (κ1) is 12.4. The summed E-state index contributed by atoms with van der Waals surface area (Å²) in [5, 5.41) is 12.3. The Morgan fingerprint density at radius 1 is 1.53 bits per heavy atom. The van der Waals surface area contributed by atoms with E-state index >= 15 is 0 Å². The van der Waals surface area contributed by atoms with E-state index in [-0.39, 0.29) is 11.9 Å². The minimum absolute atomic E-state index is 0.0226. The molecule has 2 saturated carbocycles. The quantitative estimate of drug-likeness (QED) is 0.795. The van der Waals surface area contributed by atoms with Gasteiger partial charge in [0.15, 0.2) is 0 Å². The Balaban J connectivity index is 1.88. The van der Waals surface area contributed by atoms with Crippen molar-refractivity contribution in [3.8, 4) is 6.07 Å². The van der Waals surface area contributed by atoms with Crippen molar-refractivity contribution in [2.45, 2.75) is 58.4 Å². The van der Waals surface area contributed by atoms with Crippen molar-refractivity contribution < 1.29 is 4.79 Å². The van der Waals surface area contributed by atoms with Crippen LogP contribution in [0.5, 0.6) is 0 Å². The van der Waals surface area contributed by atoms with Gasteiger partial charge in [-0.05, 0) is 37.5 Å². The molecule has 2 rings (SSSR count). The molecule has 0 aromatic heterocycles. The summed E-state index contributed by atoms with van der Waals surface area (Å²) in [4.78, 5) is 12.2. The molecule has 1 atom stereocenters. The summed E-state index contributed by atoms with van der Waals surface area (Å²) in [6.07, 6.45) is 6.16. The monoisotopic (exact) mass is 234 g/mol. The molecule has 94 valence electrons. The molecule has 2 fully saturated rings. The van der Waals surface area contributed by atoms with Gasteiger partial charge in [-0.25, -0.2) is 0 Å². The number of nitriles is 1. The van der Waals surface area contributed by atoms with Gasteiger partial charge in [0.25, 0.3) is 0 Å². The second-order valence-electron chi connectivity index (χ2n) is 5.97. The maximum absolute atomic E-state index is 12.2. The van der Waals surface area contributed by atoms with Crippen LogP contribution in [0.1, 0.15) is 52.4 Å². The largest absolute Gasteiger partial charge is 0.352 e. The van der Waals surface area contributed by atoms with Crippen LogP contribution < -0.4 is 5.32 Å². The van der Waals surface area contributed by atoms with Crippen LogP contribution in [0, 0.1) is 28.6 Å². The Bertz CT molecular complexity index is 335. The molecule has 0 aromatic carbocycles. The molecular weight excluding hydrogens is 212 g/mol. The normalized spacial score (nSPS) is 33.4. The first-order chi connectivity index (χ1) is 8.09. The summed E-state index contributed by atoms with van der Waals surface area (Å²) in [6, 6.07) is 2.51. The highest BCUT2D eigenvalue weighted by atomic mass is 16.2. The highest BCUT2D eigenvalue weighted by Gasteiger charge is 2.49. The molecule has 1 N–H and O–H groups in total. The second-order valence-corrected chi connectivity index (χ2v) is 5.97. The van der Waals surface area contributed by atoms with Crippen LogP contribution in [0.4, 0.5) is 0 Å². The maximum Gasteiger partial charge on any atom is 0.240 e. The summed E-state index contributed by atoms with van der Waals surface area (Å²) in [7, 11) is 0. The molecule has 2 aliphatic carbocycles. The fraction of sp³-hybridized carbons (Fsp3) is 0.857.